The topological polar surface area (TPSA) is 108 Å². The lowest BCUT2D eigenvalue weighted by molar-refractivity contribution is -0.120. The van der Waals surface area contributed by atoms with Crippen molar-refractivity contribution in [2.45, 2.75) is 32.1 Å². The van der Waals surface area contributed by atoms with Gasteiger partial charge in [-0.1, -0.05) is 19.3 Å². The van der Waals surface area contributed by atoms with Crippen LogP contribution in [0.3, 0.4) is 0 Å². The van der Waals surface area contributed by atoms with Crippen molar-refractivity contribution in [1.29, 1.82) is 0 Å². The molecule has 1 aliphatic rings. The van der Waals surface area contributed by atoms with Crippen LogP contribution >= 0.6 is 0 Å². The number of nitrogens with zero attached hydrogens (tertiary/aromatic N) is 1. The van der Waals surface area contributed by atoms with E-state index in [9.17, 15) is 18.8 Å². The second-order valence-corrected chi connectivity index (χ2v) is 6.71. The summed E-state index contributed by atoms with van der Waals surface area (Å²) in [4.78, 5) is 39.1. The Kier molecular flexibility index (Phi) is 5.98. The monoisotopic (exact) mass is 385 g/mol. The number of aromatic carboxylic acids is 1. The lowest BCUT2D eigenvalue weighted by Crippen LogP contribution is -2.25. The van der Waals surface area contributed by atoms with Crippen LogP contribution in [-0.4, -0.2) is 27.9 Å². The molecule has 2 amide bonds. The summed E-state index contributed by atoms with van der Waals surface area (Å²) in [5, 5.41) is 14.0. The molecule has 2 aromatic rings. The summed E-state index contributed by atoms with van der Waals surface area (Å²) in [6, 6.07) is 6.45. The molecule has 1 aliphatic carbocycles. The molecule has 0 unspecified atom stereocenters. The maximum Gasteiger partial charge on any atom is 0.354 e. The molecule has 3 N–H and O–H groups in total. The van der Waals surface area contributed by atoms with Crippen molar-refractivity contribution in [3.63, 3.8) is 0 Å². The lowest BCUT2D eigenvalue weighted by Gasteiger charge is -2.21. The van der Waals surface area contributed by atoms with Gasteiger partial charge in [0.15, 0.2) is 0 Å². The molecular formula is C20H20FN3O4. The maximum atomic E-state index is 14.1. The smallest absolute Gasteiger partial charge is 0.354 e. The number of aromatic nitrogens is 1. The third-order valence-electron chi connectivity index (χ3n) is 4.70. The van der Waals surface area contributed by atoms with Crippen molar-refractivity contribution in [2.75, 3.05) is 10.6 Å². The third-order valence-corrected chi connectivity index (χ3v) is 4.70. The molecule has 0 aliphatic heterocycles. The Balaban J connectivity index is 1.69. The molecule has 1 aromatic carbocycles. The van der Waals surface area contributed by atoms with E-state index in [-0.39, 0.29) is 28.8 Å². The van der Waals surface area contributed by atoms with Crippen molar-refractivity contribution in [3.8, 4) is 0 Å². The molecule has 3 rings (SSSR count). The first-order chi connectivity index (χ1) is 13.4. The van der Waals surface area contributed by atoms with E-state index in [4.69, 9.17) is 5.11 Å². The molecule has 1 fully saturated rings. The van der Waals surface area contributed by atoms with Gasteiger partial charge in [0, 0.05) is 17.8 Å². The first-order valence-corrected chi connectivity index (χ1v) is 9.05. The number of anilines is 2. The summed E-state index contributed by atoms with van der Waals surface area (Å²) in [5.41, 5.74) is 0.286. The number of carbonyl (C=O) groups is 3. The van der Waals surface area contributed by atoms with Gasteiger partial charge in [-0.3, -0.25) is 9.59 Å². The van der Waals surface area contributed by atoms with E-state index >= 15 is 0 Å². The summed E-state index contributed by atoms with van der Waals surface area (Å²) in [5.74, 6) is -2.64. The highest BCUT2D eigenvalue weighted by molar-refractivity contribution is 6.04. The molecule has 0 radical (unpaired) electrons. The normalized spacial score (nSPS) is 14.3. The number of pyridine rings is 1. The number of amides is 2. The first kappa shape index (κ1) is 19.5. The molecule has 8 heteroatoms. The highest BCUT2D eigenvalue weighted by Gasteiger charge is 2.22. The van der Waals surface area contributed by atoms with Gasteiger partial charge >= 0.3 is 5.97 Å². The van der Waals surface area contributed by atoms with E-state index in [1.807, 2.05) is 0 Å². The number of halogens is 1. The lowest BCUT2D eigenvalue weighted by atomic mass is 9.88. The minimum Gasteiger partial charge on any atom is -0.477 e. The number of rotatable bonds is 5. The fraction of sp³-hybridized carbons (Fsp3) is 0.300. The Morgan fingerprint density at radius 2 is 1.79 bits per heavy atom. The molecule has 0 atom stereocenters. The molecule has 7 nitrogen and oxygen atoms in total. The number of carboxylic acid groups (broad SMARTS) is 1. The molecule has 146 valence electrons. The molecule has 1 heterocycles. The van der Waals surface area contributed by atoms with Crippen LogP contribution in [0.1, 0.15) is 53.0 Å². The highest BCUT2D eigenvalue weighted by atomic mass is 19.1. The van der Waals surface area contributed by atoms with Crippen LogP contribution in [0.25, 0.3) is 0 Å². The zero-order chi connectivity index (χ0) is 20.1. The molecule has 0 saturated heterocycles. The Bertz CT molecular complexity index is 893. The van der Waals surface area contributed by atoms with Gasteiger partial charge in [-0.05, 0) is 43.2 Å². The summed E-state index contributed by atoms with van der Waals surface area (Å²) >= 11 is 0. The van der Waals surface area contributed by atoms with E-state index in [2.05, 4.69) is 15.6 Å². The van der Waals surface area contributed by atoms with Crippen molar-refractivity contribution >= 4 is 29.2 Å². The molecule has 1 saturated carbocycles. The van der Waals surface area contributed by atoms with E-state index in [1.165, 1.54) is 24.3 Å². The van der Waals surface area contributed by atoms with Crippen LogP contribution in [0.2, 0.25) is 0 Å². The molecule has 0 spiro atoms. The second-order valence-electron chi connectivity index (χ2n) is 6.71. The van der Waals surface area contributed by atoms with E-state index in [1.54, 1.807) is 0 Å². The number of carbonyl (C=O) groups excluding carboxylic acids is 2. The summed E-state index contributed by atoms with van der Waals surface area (Å²) in [7, 11) is 0. The van der Waals surface area contributed by atoms with Gasteiger partial charge in [-0.2, -0.15) is 0 Å². The predicted octanol–water partition coefficient (Wildman–Crippen LogP) is 3.69. The Morgan fingerprint density at radius 3 is 2.43 bits per heavy atom. The number of nitrogens with one attached hydrogen (secondary N) is 2. The quantitative estimate of drug-likeness (QED) is 0.727. The number of benzene rings is 1. The van der Waals surface area contributed by atoms with Gasteiger partial charge in [0.2, 0.25) is 5.91 Å². The van der Waals surface area contributed by atoms with Crippen molar-refractivity contribution in [2.24, 2.45) is 5.92 Å². The van der Waals surface area contributed by atoms with Crippen LogP contribution in [-0.2, 0) is 4.79 Å². The average Bonchev–Trinajstić information content (AvgIpc) is 2.71. The fourth-order valence-electron chi connectivity index (χ4n) is 3.16. The van der Waals surface area contributed by atoms with Crippen LogP contribution in [0.4, 0.5) is 15.8 Å². The van der Waals surface area contributed by atoms with Crippen molar-refractivity contribution < 1.29 is 23.9 Å². The first-order valence-electron chi connectivity index (χ1n) is 9.05. The zero-order valence-corrected chi connectivity index (χ0v) is 15.1. The fourth-order valence-corrected chi connectivity index (χ4v) is 3.16. The van der Waals surface area contributed by atoms with Crippen LogP contribution < -0.4 is 10.6 Å². The second kappa shape index (κ2) is 8.60. The van der Waals surface area contributed by atoms with Crippen molar-refractivity contribution in [1.82, 2.24) is 4.98 Å². The number of hydrogen-bond donors (Lipinski definition) is 3. The van der Waals surface area contributed by atoms with Crippen molar-refractivity contribution in [3.05, 3.63) is 53.6 Å². The molecular weight excluding hydrogens is 365 g/mol. The largest absolute Gasteiger partial charge is 0.477 e. The minimum absolute atomic E-state index is 0.00715. The number of carboxylic acids is 1. The Hall–Kier alpha value is -3.29. The molecule has 1 aromatic heterocycles. The van der Waals surface area contributed by atoms with E-state index in [0.717, 1.165) is 44.4 Å². The number of hydrogen-bond acceptors (Lipinski definition) is 4. The van der Waals surface area contributed by atoms with Gasteiger partial charge in [0.1, 0.15) is 11.5 Å². The van der Waals surface area contributed by atoms with E-state index in [0.29, 0.717) is 5.69 Å². The Morgan fingerprint density at radius 1 is 1.04 bits per heavy atom. The molecule has 0 bridgehead atoms. The van der Waals surface area contributed by atoms with Crippen LogP contribution in [0.5, 0.6) is 0 Å². The highest BCUT2D eigenvalue weighted by Crippen LogP contribution is 2.26. The standard InChI is InChI=1S/C20H20FN3O4/c21-15-8-7-14(10-17(15)24-18(25)12-4-2-1-3-5-12)23-19(26)13-6-9-16(20(27)28)22-11-13/h6-12H,1-5H2,(H,23,26)(H,24,25)(H,27,28). The van der Waals surface area contributed by atoms with Gasteiger partial charge < -0.3 is 15.7 Å². The summed E-state index contributed by atoms with van der Waals surface area (Å²) in [6.07, 6.45) is 5.83. The Labute approximate surface area is 161 Å². The van der Waals surface area contributed by atoms with E-state index < -0.39 is 17.7 Å². The zero-order valence-electron chi connectivity index (χ0n) is 15.1. The van der Waals surface area contributed by atoms with Gasteiger partial charge in [-0.25, -0.2) is 14.2 Å². The van der Waals surface area contributed by atoms with Gasteiger partial charge in [0.25, 0.3) is 5.91 Å². The van der Waals surface area contributed by atoms with Gasteiger partial charge in [-0.15, -0.1) is 0 Å². The predicted molar refractivity (Wildman–Crippen MR) is 101 cm³/mol. The summed E-state index contributed by atoms with van der Waals surface area (Å²) < 4.78 is 14.1. The SMILES string of the molecule is O=C(Nc1ccc(F)c(NC(=O)C2CCCCC2)c1)c1ccc(C(=O)O)nc1. The third kappa shape index (κ3) is 4.70. The maximum absolute atomic E-state index is 14.1. The van der Waals surface area contributed by atoms with Crippen LogP contribution in [0.15, 0.2) is 36.5 Å². The van der Waals surface area contributed by atoms with Crippen LogP contribution in [0, 0.1) is 11.7 Å². The minimum atomic E-state index is -1.19. The molecule has 28 heavy (non-hydrogen) atoms. The average molecular weight is 385 g/mol. The summed E-state index contributed by atoms with van der Waals surface area (Å²) in [6.45, 7) is 0. The van der Waals surface area contributed by atoms with Gasteiger partial charge in [0.05, 0.1) is 11.3 Å².